The van der Waals surface area contributed by atoms with Crippen molar-refractivity contribution >= 4 is 5.91 Å². The van der Waals surface area contributed by atoms with Crippen LogP contribution < -0.4 is 10.2 Å². The van der Waals surface area contributed by atoms with E-state index in [0.29, 0.717) is 18.6 Å². The van der Waals surface area contributed by atoms with Gasteiger partial charge in [0.25, 0.3) is 0 Å². The lowest BCUT2D eigenvalue weighted by Gasteiger charge is -2.08. The van der Waals surface area contributed by atoms with Crippen LogP contribution in [0, 0.1) is 5.82 Å². The zero-order chi connectivity index (χ0) is 15.6. The minimum absolute atomic E-state index is 0.167. The molecule has 2 aromatic carbocycles. The van der Waals surface area contributed by atoms with Crippen molar-refractivity contribution in [3.05, 3.63) is 66.0 Å². The largest absolute Gasteiger partial charge is 0.491 e. The summed E-state index contributed by atoms with van der Waals surface area (Å²) in [6, 6.07) is 15.7. The Morgan fingerprint density at radius 3 is 2.50 bits per heavy atom. The molecule has 0 fully saturated rings. The van der Waals surface area contributed by atoms with Crippen molar-refractivity contribution in [1.29, 1.82) is 0 Å². The topological polar surface area (TPSA) is 47.6 Å². The Labute approximate surface area is 128 Å². The molecule has 0 saturated heterocycles. The summed E-state index contributed by atoms with van der Waals surface area (Å²) in [6.45, 7) is 0.567. The van der Waals surface area contributed by atoms with E-state index >= 15 is 0 Å². The van der Waals surface area contributed by atoms with Gasteiger partial charge in [0.15, 0.2) is 0 Å². The third-order valence-electron chi connectivity index (χ3n) is 2.96. The second kappa shape index (κ2) is 8.79. The molecule has 0 aliphatic rings. The van der Waals surface area contributed by atoms with Crippen LogP contribution in [0.2, 0.25) is 0 Å². The third-order valence-corrected chi connectivity index (χ3v) is 2.96. The average Bonchev–Trinajstić information content (AvgIpc) is 2.55. The highest BCUT2D eigenvalue weighted by molar-refractivity contribution is 5.75. The summed E-state index contributed by atoms with van der Waals surface area (Å²) < 4.78 is 18.8. The van der Waals surface area contributed by atoms with E-state index in [9.17, 15) is 9.18 Å². The highest BCUT2D eigenvalue weighted by Crippen LogP contribution is 2.09. The highest BCUT2D eigenvalue weighted by atomic mass is 19.1. The van der Waals surface area contributed by atoms with Crippen LogP contribution in [0.25, 0.3) is 0 Å². The van der Waals surface area contributed by atoms with E-state index in [1.54, 1.807) is 18.2 Å². The van der Waals surface area contributed by atoms with Gasteiger partial charge in [-0.1, -0.05) is 36.4 Å². The molecule has 0 aliphatic carbocycles. The Morgan fingerprint density at radius 2 is 1.73 bits per heavy atom. The van der Waals surface area contributed by atoms with Crippen LogP contribution in [-0.2, 0) is 16.1 Å². The molecule has 0 saturated carbocycles. The van der Waals surface area contributed by atoms with E-state index in [2.05, 4.69) is 5.48 Å². The molecule has 1 N–H and O–H groups in total. The molecular formula is C17H18FNO3. The van der Waals surface area contributed by atoms with E-state index in [0.717, 1.165) is 5.75 Å². The van der Waals surface area contributed by atoms with Crippen LogP contribution in [0.1, 0.15) is 12.0 Å². The van der Waals surface area contributed by atoms with Gasteiger partial charge in [-0.3, -0.25) is 9.63 Å². The van der Waals surface area contributed by atoms with E-state index in [1.165, 1.54) is 6.07 Å². The summed E-state index contributed by atoms with van der Waals surface area (Å²) in [4.78, 5) is 16.6. The van der Waals surface area contributed by atoms with Gasteiger partial charge in [0, 0.05) is 6.42 Å². The summed E-state index contributed by atoms with van der Waals surface area (Å²) in [5, 5.41) is 0. The molecule has 2 rings (SSSR count). The number of ether oxygens (including phenoxy) is 1. The minimum Gasteiger partial charge on any atom is -0.491 e. The predicted octanol–water partition coefficient (Wildman–Crippen LogP) is 2.89. The molecule has 4 nitrogen and oxygen atoms in total. The fourth-order valence-corrected chi connectivity index (χ4v) is 1.85. The van der Waals surface area contributed by atoms with Gasteiger partial charge in [-0.25, -0.2) is 9.87 Å². The number of halogens is 1. The van der Waals surface area contributed by atoms with Gasteiger partial charge >= 0.3 is 0 Å². The molecule has 0 unspecified atom stereocenters. The number of benzene rings is 2. The van der Waals surface area contributed by atoms with Crippen molar-refractivity contribution in [2.75, 3.05) is 13.2 Å². The average molecular weight is 303 g/mol. The van der Waals surface area contributed by atoms with Crippen LogP contribution in [0.3, 0.4) is 0 Å². The standard InChI is InChI=1S/C17H18FNO3/c18-16-9-5-4-6-14(16)10-11-17(20)19-22-13-12-21-15-7-2-1-3-8-15/h1-9H,10-13H2,(H,19,20). The Bertz CT molecular complexity index is 589. The number of para-hydroxylation sites is 1. The van der Waals surface area contributed by atoms with Crippen molar-refractivity contribution in [2.24, 2.45) is 0 Å². The van der Waals surface area contributed by atoms with Gasteiger partial charge in [-0.05, 0) is 30.2 Å². The number of carbonyl (C=O) groups excluding carboxylic acids is 1. The van der Waals surface area contributed by atoms with E-state index in [-0.39, 0.29) is 24.8 Å². The van der Waals surface area contributed by atoms with Gasteiger partial charge in [0.2, 0.25) is 5.91 Å². The van der Waals surface area contributed by atoms with Crippen molar-refractivity contribution in [2.45, 2.75) is 12.8 Å². The molecule has 0 heterocycles. The molecule has 0 bridgehead atoms. The number of rotatable bonds is 8. The van der Waals surface area contributed by atoms with Crippen molar-refractivity contribution in [3.63, 3.8) is 0 Å². The number of hydrogen-bond donors (Lipinski definition) is 1. The maximum atomic E-state index is 13.4. The third kappa shape index (κ3) is 5.54. The number of hydrogen-bond acceptors (Lipinski definition) is 3. The second-order valence-corrected chi connectivity index (χ2v) is 4.63. The van der Waals surface area contributed by atoms with Crippen molar-refractivity contribution in [1.82, 2.24) is 5.48 Å². The number of carbonyl (C=O) groups is 1. The van der Waals surface area contributed by atoms with Crippen LogP contribution in [0.15, 0.2) is 54.6 Å². The van der Waals surface area contributed by atoms with Crippen LogP contribution >= 0.6 is 0 Å². The zero-order valence-corrected chi connectivity index (χ0v) is 12.1. The quantitative estimate of drug-likeness (QED) is 0.602. The van der Waals surface area contributed by atoms with Crippen LogP contribution in [-0.4, -0.2) is 19.1 Å². The molecule has 1 amide bonds. The lowest BCUT2D eigenvalue weighted by atomic mass is 10.1. The minimum atomic E-state index is -0.299. The first-order valence-electron chi connectivity index (χ1n) is 7.07. The molecule has 0 aromatic heterocycles. The number of hydroxylamine groups is 1. The normalized spacial score (nSPS) is 10.2. The first-order valence-corrected chi connectivity index (χ1v) is 7.07. The van der Waals surface area contributed by atoms with E-state index in [4.69, 9.17) is 9.57 Å². The number of aryl methyl sites for hydroxylation is 1. The maximum Gasteiger partial charge on any atom is 0.243 e. The zero-order valence-electron chi connectivity index (χ0n) is 12.1. The maximum absolute atomic E-state index is 13.4. The number of amides is 1. The van der Waals surface area contributed by atoms with Gasteiger partial charge in [-0.2, -0.15) is 0 Å². The molecule has 0 aliphatic heterocycles. The Morgan fingerprint density at radius 1 is 1.00 bits per heavy atom. The lowest BCUT2D eigenvalue weighted by Crippen LogP contribution is -2.26. The van der Waals surface area contributed by atoms with Crippen molar-refractivity contribution < 1.29 is 18.8 Å². The van der Waals surface area contributed by atoms with Crippen LogP contribution in [0.5, 0.6) is 5.75 Å². The Balaban J connectivity index is 1.57. The molecule has 2 aromatic rings. The van der Waals surface area contributed by atoms with Crippen LogP contribution in [0.4, 0.5) is 4.39 Å². The molecule has 22 heavy (non-hydrogen) atoms. The predicted molar refractivity (Wildman–Crippen MR) is 80.8 cm³/mol. The first-order chi connectivity index (χ1) is 10.8. The molecule has 0 spiro atoms. The molecule has 0 atom stereocenters. The summed E-state index contributed by atoms with van der Waals surface area (Å²) in [6.07, 6.45) is 0.503. The van der Waals surface area contributed by atoms with Gasteiger partial charge in [0.05, 0.1) is 0 Å². The molecular weight excluding hydrogens is 285 g/mol. The fraction of sp³-hybridized carbons (Fsp3) is 0.235. The monoisotopic (exact) mass is 303 g/mol. The Hall–Kier alpha value is -2.40. The summed E-state index contributed by atoms with van der Waals surface area (Å²) in [7, 11) is 0. The summed E-state index contributed by atoms with van der Waals surface area (Å²) in [5.41, 5.74) is 2.84. The van der Waals surface area contributed by atoms with Gasteiger partial charge in [-0.15, -0.1) is 0 Å². The smallest absolute Gasteiger partial charge is 0.243 e. The summed E-state index contributed by atoms with van der Waals surface area (Å²) in [5.74, 6) is 0.160. The fourth-order valence-electron chi connectivity index (χ4n) is 1.85. The first kappa shape index (κ1) is 16.0. The SMILES string of the molecule is O=C(CCc1ccccc1F)NOCCOc1ccccc1. The number of nitrogens with one attached hydrogen (secondary N) is 1. The summed E-state index contributed by atoms with van der Waals surface area (Å²) >= 11 is 0. The lowest BCUT2D eigenvalue weighted by molar-refractivity contribution is -0.134. The molecule has 116 valence electrons. The van der Waals surface area contributed by atoms with Crippen molar-refractivity contribution in [3.8, 4) is 5.75 Å². The molecule has 0 radical (unpaired) electrons. The van der Waals surface area contributed by atoms with E-state index < -0.39 is 0 Å². The highest BCUT2D eigenvalue weighted by Gasteiger charge is 2.05. The Kier molecular flexibility index (Phi) is 6.39. The van der Waals surface area contributed by atoms with Gasteiger partial charge in [0.1, 0.15) is 24.8 Å². The second-order valence-electron chi connectivity index (χ2n) is 4.63. The van der Waals surface area contributed by atoms with E-state index in [1.807, 2.05) is 30.3 Å². The molecule has 5 heteroatoms. The van der Waals surface area contributed by atoms with Gasteiger partial charge < -0.3 is 4.74 Å².